The number of ether oxygens (including phenoxy) is 1. The van der Waals surface area contributed by atoms with Crippen LogP contribution in [0.15, 0.2) is 4.99 Å². The van der Waals surface area contributed by atoms with Gasteiger partial charge in [0.05, 0.1) is 17.7 Å². The molecular formula is C16H36IN3O2. The maximum absolute atomic E-state index is 10.6. The maximum Gasteiger partial charge on any atom is 0.191 e. The molecule has 5 nitrogen and oxygen atoms in total. The van der Waals surface area contributed by atoms with Gasteiger partial charge in [0.1, 0.15) is 0 Å². The summed E-state index contributed by atoms with van der Waals surface area (Å²) in [5.74, 6) is 0.730. The van der Waals surface area contributed by atoms with E-state index in [0.717, 1.165) is 38.2 Å². The quantitative estimate of drug-likeness (QED) is 0.284. The van der Waals surface area contributed by atoms with Gasteiger partial charge in [-0.25, -0.2) is 0 Å². The Morgan fingerprint density at radius 3 is 2.05 bits per heavy atom. The number of nitrogens with one attached hydrogen (secondary N) is 2. The molecule has 0 aliphatic heterocycles. The minimum Gasteiger partial charge on any atom is -0.388 e. The van der Waals surface area contributed by atoms with Crippen LogP contribution < -0.4 is 10.6 Å². The van der Waals surface area contributed by atoms with E-state index in [-0.39, 0.29) is 29.6 Å². The first-order chi connectivity index (χ1) is 9.82. The Hall–Kier alpha value is -0.0800. The Labute approximate surface area is 153 Å². The molecule has 6 heteroatoms. The number of rotatable bonds is 10. The van der Waals surface area contributed by atoms with E-state index in [1.54, 1.807) is 7.11 Å². The van der Waals surface area contributed by atoms with Gasteiger partial charge in [-0.15, -0.1) is 24.0 Å². The second-order valence-electron chi connectivity index (χ2n) is 6.24. The van der Waals surface area contributed by atoms with Crippen LogP contribution in [0.25, 0.3) is 0 Å². The van der Waals surface area contributed by atoms with Gasteiger partial charge in [-0.3, -0.25) is 4.99 Å². The van der Waals surface area contributed by atoms with Crippen LogP contribution in [0.3, 0.4) is 0 Å². The normalized spacial score (nSPS) is 12.8. The van der Waals surface area contributed by atoms with E-state index in [1.807, 2.05) is 20.8 Å². The zero-order valence-electron chi connectivity index (χ0n) is 15.2. The molecule has 0 radical (unpaired) electrons. The summed E-state index contributed by atoms with van der Waals surface area (Å²) in [6.07, 6.45) is 3.50. The molecule has 0 saturated carbocycles. The Balaban J connectivity index is 0. The van der Waals surface area contributed by atoms with Gasteiger partial charge in [0.2, 0.25) is 0 Å². The summed E-state index contributed by atoms with van der Waals surface area (Å²) >= 11 is 0. The van der Waals surface area contributed by atoms with Crippen molar-refractivity contribution in [2.24, 2.45) is 4.99 Å². The summed E-state index contributed by atoms with van der Waals surface area (Å²) in [5.41, 5.74) is -0.943. The average molecular weight is 429 g/mol. The zero-order chi connectivity index (χ0) is 16.4. The van der Waals surface area contributed by atoms with Crippen molar-refractivity contribution < 1.29 is 9.84 Å². The van der Waals surface area contributed by atoms with E-state index in [4.69, 9.17) is 4.74 Å². The number of hydrogen-bond donors (Lipinski definition) is 3. The summed E-state index contributed by atoms with van der Waals surface area (Å²) < 4.78 is 5.39. The largest absolute Gasteiger partial charge is 0.388 e. The first-order valence-corrected chi connectivity index (χ1v) is 8.12. The van der Waals surface area contributed by atoms with Crippen LogP contribution in [0, 0.1) is 0 Å². The SMILES string of the molecule is CCCC(O)(CCC)CN=C(NCC)NCC(C)(C)OC.I. The van der Waals surface area contributed by atoms with Crippen molar-refractivity contribution in [3.8, 4) is 0 Å². The fraction of sp³-hybridized carbons (Fsp3) is 0.938. The molecule has 0 rings (SSSR count). The van der Waals surface area contributed by atoms with Crippen molar-refractivity contribution in [3.63, 3.8) is 0 Å². The summed E-state index contributed by atoms with van der Waals surface area (Å²) in [6, 6.07) is 0. The lowest BCUT2D eigenvalue weighted by Crippen LogP contribution is -2.46. The number of aliphatic imine (C=N–C) groups is 1. The molecule has 0 atom stereocenters. The van der Waals surface area contributed by atoms with Crippen molar-refractivity contribution in [3.05, 3.63) is 0 Å². The van der Waals surface area contributed by atoms with Gasteiger partial charge in [-0.1, -0.05) is 26.7 Å². The van der Waals surface area contributed by atoms with Gasteiger partial charge in [0, 0.05) is 20.2 Å². The highest BCUT2D eigenvalue weighted by Crippen LogP contribution is 2.19. The molecule has 0 amide bonds. The lowest BCUT2D eigenvalue weighted by Gasteiger charge is -2.27. The minimum atomic E-state index is -0.692. The van der Waals surface area contributed by atoms with Crippen molar-refractivity contribution >= 4 is 29.9 Å². The van der Waals surface area contributed by atoms with Crippen molar-refractivity contribution in [1.29, 1.82) is 0 Å². The van der Waals surface area contributed by atoms with Crippen LogP contribution in [0.2, 0.25) is 0 Å². The molecule has 0 aromatic heterocycles. The Morgan fingerprint density at radius 1 is 1.09 bits per heavy atom. The molecule has 0 saturated heterocycles. The van der Waals surface area contributed by atoms with Gasteiger partial charge in [-0.05, 0) is 33.6 Å². The van der Waals surface area contributed by atoms with Crippen molar-refractivity contribution in [1.82, 2.24) is 10.6 Å². The highest BCUT2D eigenvalue weighted by Gasteiger charge is 2.24. The Bertz CT molecular complexity index is 304. The molecule has 3 N–H and O–H groups in total. The molecule has 134 valence electrons. The molecule has 0 aromatic carbocycles. The van der Waals surface area contributed by atoms with Crippen LogP contribution >= 0.6 is 24.0 Å². The van der Waals surface area contributed by atoms with Gasteiger partial charge in [0.15, 0.2) is 5.96 Å². The highest BCUT2D eigenvalue weighted by molar-refractivity contribution is 14.0. The number of methoxy groups -OCH3 is 1. The number of hydrogen-bond acceptors (Lipinski definition) is 3. The molecule has 0 unspecified atom stereocenters. The highest BCUT2D eigenvalue weighted by atomic mass is 127. The monoisotopic (exact) mass is 429 g/mol. The number of halogens is 1. The fourth-order valence-corrected chi connectivity index (χ4v) is 2.15. The molecule has 0 fully saturated rings. The van der Waals surface area contributed by atoms with E-state index in [2.05, 4.69) is 29.5 Å². The van der Waals surface area contributed by atoms with Crippen LogP contribution in [0.5, 0.6) is 0 Å². The molecule has 0 aliphatic rings. The number of nitrogens with zero attached hydrogens (tertiary/aromatic N) is 1. The second-order valence-corrected chi connectivity index (χ2v) is 6.24. The summed E-state index contributed by atoms with van der Waals surface area (Å²) in [4.78, 5) is 4.55. The summed E-state index contributed by atoms with van der Waals surface area (Å²) in [7, 11) is 1.70. The molecular weight excluding hydrogens is 393 g/mol. The predicted molar refractivity (Wildman–Crippen MR) is 105 cm³/mol. The molecule has 0 bridgehead atoms. The lowest BCUT2D eigenvalue weighted by molar-refractivity contribution is 0.0262. The molecule has 0 spiro atoms. The standard InChI is InChI=1S/C16H35N3O2.HI/c1-7-10-16(20,11-8-2)13-19-14(17-9-3)18-12-15(4,5)21-6;/h20H,7-13H2,1-6H3,(H2,17,18,19);1H. The topological polar surface area (TPSA) is 65.9 Å². The lowest BCUT2D eigenvalue weighted by atomic mass is 9.93. The van der Waals surface area contributed by atoms with E-state index < -0.39 is 5.60 Å². The molecule has 22 heavy (non-hydrogen) atoms. The Morgan fingerprint density at radius 2 is 1.64 bits per heavy atom. The Kier molecular flexibility index (Phi) is 13.6. The third-order valence-electron chi connectivity index (χ3n) is 3.54. The summed E-state index contributed by atoms with van der Waals surface area (Å²) in [5, 5.41) is 17.1. The molecule has 0 aliphatic carbocycles. The van der Waals surface area contributed by atoms with E-state index in [9.17, 15) is 5.11 Å². The average Bonchev–Trinajstić information content (AvgIpc) is 2.42. The van der Waals surface area contributed by atoms with Crippen molar-refractivity contribution in [2.75, 3.05) is 26.7 Å². The van der Waals surface area contributed by atoms with E-state index >= 15 is 0 Å². The third-order valence-corrected chi connectivity index (χ3v) is 3.54. The molecule has 0 heterocycles. The van der Waals surface area contributed by atoms with Crippen molar-refractivity contribution in [2.45, 2.75) is 71.5 Å². The van der Waals surface area contributed by atoms with Crippen LogP contribution in [0.1, 0.15) is 60.3 Å². The zero-order valence-corrected chi connectivity index (χ0v) is 17.5. The third kappa shape index (κ3) is 10.6. The fourth-order valence-electron chi connectivity index (χ4n) is 2.15. The predicted octanol–water partition coefficient (Wildman–Crippen LogP) is 2.92. The number of aliphatic hydroxyl groups is 1. The van der Waals surface area contributed by atoms with Crippen LogP contribution in [-0.4, -0.2) is 49.0 Å². The van der Waals surface area contributed by atoms with Crippen LogP contribution in [0.4, 0.5) is 0 Å². The van der Waals surface area contributed by atoms with Crippen LogP contribution in [-0.2, 0) is 4.74 Å². The molecule has 0 aromatic rings. The maximum atomic E-state index is 10.6. The number of guanidine groups is 1. The van der Waals surface area contributed by atoms with Gasteiger partial charge >= 0.3 is 0 Å². The van der Waals surface area contributed by atoms with Gasteiger partial charge in [-0.2, -0.15) is 0 Å². The summed E-state index contributed by atoms with van der Waals surface area (Å²) in [6.45, 7) is 12.1. The second kappa shape index (κ2) is 12.4. The van der Waals surface area contributed by atoms with E-state index in [1.165, 1.54) is 0 Å². The van der Waals surface area contributed by atoms with E-state index in [0.29, 0.717) is 13.1 Å². The first kappa shape index (κ1) is 24.2. The minimum absolute atomic E-state index is 0. The van der Waals surface area contributed by atoms with Gasteiger partial charge in [0.25, 0.3) is 0 Å². The smallest absolute Gasteiger partial charge is 0.191 e. The van der Waals surface area contributed by atoms with Gasteiger partial charge < -0.3 is 20.5 Å². The first-order valence-electron chi connectivity index (χ1n) is 8.12.